The zero-order valence-electron chi connectivity index (χ0n) is 14.0. The maximum atomic E-state index is 5.80. The molecule has 114 valence electrons. The summed E-state index contributed by atoms with van der Waals surface area (Å²) in [7, 11) is 0. The second kappa shape index (κ2) is 7.05. The van der Waals surface area contributed by atoms with Gasteiger partial charge in [-0.15, -0.1) is 0 Å². The number of ether oxygens (including phenoxy) is 1. The Labute approximate surface area is 120 Å². The fourth-order valence-electron chi connectivity index (χ4n) is 2.69. The third-order valence-electron chi connectivity index (χ3n) is 4.28. The molecule has 19 heavy (non-hydrogen) atoms. The van der Waals surface area contributed by atoms with Crippen LogP contribution in [0.4, 0.5) is 0 Å². The molecule has 1 fully saturated rings. The van der Waals surface area contributed by atoms with E-state index >= 15 is 0 Å². The van der Waals surface area contributed by atoms with E-state index in [1.807, 2.05) is 0 Å². The average Bonchev–Trinajstić information content (AvgIpc) is 2.34. The minimum Gasteiger partial charge on any atom is -0.376 e. The van der Waals surface area contributed by atoms with Gasteiger partial charge in [-0.05, 0) is 53.5 Å². The third kappa shape index (κ3) is 5.41. The lowest BCUT2D eigenvalue weighted by Crippen LogP contribution is -2.55. The Balaban J connectivity index is 2.55. The number of hydrogen-bond donors (Lipinski definition) is 1. The average molecular weight is 270 g/mol. The predicted octanol–water partition coefficient (Wildman–Crippen LogP) is 2.90. The van der Waals surface area contributed by atoms with E-state index in [4.69, 9.17) is 4.74 Å². The van der Waals surface area contributed by atoms with Crippen molar-refractivity contribution in [3.8, 4) is 0 Å². The van der Waals surface area contributed by atoms with Crippen molar-refractivity contribution in [2.45, 2.75) is 78.6 Å². The summed E-state index contributed by atoms with van der Waals surface area (Å²) in [5.41, 5.74) is 0.205. The summed E-state index contributed by atoms with van der Waals surface area (Å²) < 4.78 is 5.80. The van der Waals surface area contributed by atoms with E-state index in [9.17, 15) is 0 Å². The molecule has 1 rings (SSSR count). The molecular weight excluding hydrogens is 236 g/mol. The summed E-state index contributed by atoms with van der Waals surface area (Å²) in [6.45, 7) is 18.9. The van der Waals surface area contributed by atoms with Gasteiger partial charge in [-0.2, -0.15) is 0 Å². The number of nitrogens with one attached hydrogen (secondary N) is 1. The van der Waals surface area contributed by atoms with Crippen LogP contribution in [0.3, 0.4) is 0 Å². The van der Waals surface area contributed by atoms with Gasteiger partial charge in [-0.1, -0.05) is 13.8 Å². The first-order valence-electron chi connectivity index (χ1n) is 7.87. The Hall–Kier alpha value is -0.120. The van der Waals surface area contributed by atoms with Crippen LogP contribution in [-0.4, -0.2) is 48.3 Å². The topological polar surface area (TPSA) is 24.5 Å². The Morgan fingerprint density at radius 1 is 1.32 bits per heavy atom. The van der Waals surface area contributed by atoms with Crippen molar-refractivity contribution >= 4 is 0 Å². The van der Waals surface area contributed by atoms with Crippen molar-refractivity contribution in [1.29, 1.82) is 0 Å². The highest BCUT2D eigenvalue weighted by Gasteiger charge is 2.31. The number of rotatable bonds is 5. The zero-order valence-corrected chi connectivity index (χ0v) is 14.0. The fourth-order valence-corrected chi connectivity index (χ4v) is 2.69. The van der Waals surface area contributed by atoms with E-state index in [1.54, 1.807) is 0 Å². The van der Waals surface area contributed by atoms with Crippen molar-refractivity contribution < 1.29 is 4.74 Å². The van der Waals surface area contributed by atoms with Crippen molar-refractivity contribution in [3.63, 3.8) is 0 Å². The number of nitrogens with zero attached hydrogens (tertiary/aromatic N) is 1. The smallest absolute Gasteiger partial charge is 0.0674 e. The molecule has 0 aromatic carbocycles. The Kier molecular flexibility index (Phi) is 6.28. The molecule has 0 bridgehead atoms. The lowest BCUT2D eigenvalue weighted by Gasteiger charge is -2.44. The third-order valence-corrected chi connectivity index (χ3v) is 4.28. The maximum Gasteiger partial charge on any atom is 0.0674 e. The van der Waals surface area contributed by atoms with E-state index in [0.29, 0.717) is 24.1 Å². The van der Waals surface area contributed by atoms with Gasteiger partial charge >= 0.3 is 0 Å². The van der Waals surface area contributed by atoms with E-state index in [-0.39, 0.29) is 5.54 Å². The van der Waals surface area contributed by atoms with Gasteiger partial charge in [-0.25, -0.2) is 0 Å². The highest BCUT2D eigenvalue weighted by Crippen LogP contribution is 2.21. The minimum atomic E-state index is 0.205. The van der Waals surface area contributed by atoms with Gasteiger partial charge in [0, 0.05) is 24.2 Å². The van der Waals surface area contributed by atoms with Crippen molar-refractivity contribution in [1.82, 2.24) is 10.2 Å². The molecule has 4 atom stereocenters. The predicted molar refractivity (Wildman–Crippen MR) is 82.6 cm³/mol. The zero-order chi connectivity index (χ0) is 14.6. The van der Waals surface area contributed by atoms with Crippen LogP contribution in [0.15, 0.2) is 0 Å². The van der Waals surface area contributed by atoms with E-state index in [0.717, 1.165) is 19.7 Å². The van der Waals surface area contributed by atoms with Crippen molar-refractivity contribution in [2.75, 3.05) is 19.7 Å². The summed E-state index contributed by atoms with van der Waals surface area (Å²) in [4.78, 5) is 2.66. The standard InChI is InChI=1S/C16H34N2O/c1-8-15-11-19-13(3)10-18(15)14(4)12(2)9-17-16(5,6)7/h12-15,17H,8-11H2,1-7H3. The van der Waals surface area contributed by atoms with Crippen LogP contribution in [-0.2, 0) is 4.74 Å². The lowest BCUT2D eigenvalue weighted by atomic mass is 9.96. The van der Waals surface area contributed by atoms with Crippen LogP contribution in [0.25, 0.3) is 0 Å². The summed E-state index contributed by atoms with van der Waals surface area (Å²) in [6.07, 6.45) is 1.55. The van der Waals surface area contributed by atoms with E-state index in [1.165, 1.54) is 6.42 Å². The van der Waals surface area contributed by atoms with E-state index < -0.39 is 0 Å². The van der Waals surface area contributed by atoms with Gasteiger partial charge in [-0.3, -0.25) is 4.90 Å². The first-order chi connectivity index (χ1) is 8.74. The molecule has 0 amide bonds. The molecule has 0 aromatic rings. The lowest BCUT2D eigenvalue weighted by molar-refractivity contribution is -0.0772. The van der Waals surface area contributed by atoms with Gasteiger partial charge in [0.2, 0.25) is 0 Å². The molecule has 0 radical (unpaired) electrons. The van der Waals surface area contributed by atoms with Crippen LogP contribution >= 0.6 is 0 Å². The molecule has 4 unspecified atom stereocenters. The molecule has 1 N–H and O–H groups in total. The summed E-state index contributed by atoms with van der Waals surface area (Å²) in [6, 6.07) is 1.19. The molecule has 3 heteroatoms. The highest BCUT2D eigenvalue weighted by atomic mass is 16.5. The van der Waals surface area contributed by atoms with E-state index in [2.05, 4.69) is 58.7 Å². The van der Waals surface area contributed by atoms with Crippen LogP contribution in [0.2, 0.25) is 0 Å². The molecule has 1 saturated heterocycles. The molecular formula is C16H34N2O. The van der Waals surface area contributed by atoms with Gasteiger partial charge in [0.25, 0.3) is 0 Å². The summed E-state index contributed by atoms with van der Waals surface area (Å²) in [5, 5.41) is 3.63. The van der Waals surface area contributed by atoms with Crippen molar-refractivity contribution in [2.24, 2.45) is 5.92 Å². The molecule has 0 aromatic heterocycles. The summed E-state index contributed by atoms with van der Waals surface area (Å²) >= 11 is 0. The number of morpholine rings is 1. The Morgan fingerprint density at radius 2 is 1.95 bits per heavy atom. The first-order valence-corrected chi connectivity index (χ1v) is 7.87. The molecule has 0 saturated carbocycles. The minimum absolute atomic E-state index is 0.205. The van der Waals surface area contributed by atoms with Gasteiger partial charge in [0.1, 0.15) is 0 Å². The van der Waals surface area contributed by atoms with Crippen LogP contribution < -0.4 is 5.32 Å². The van der Waals surface area contributed by atoms with Gasteiger partial charge < -0.3 is 10.1 Å². The summed E-state index contributed by atoms with van der Waals surface area (Å²) in [5.74, 6) is 0.651. The Bertz CT molecular complexity index is 262. The first kappa shape index (κ1) is 16.9. The monoisotopic (exact) mass is 270 g/mol. The molecule has 0 spiro atoms. The highest BCUT2D eigenvalue weighted by molar-refractivity contribution is 4.85. The van der Waals surface area contributed by atoms with Crippen molar-refractivity contribution in [3.05, 3.63) is 0 Å². The largest absolute Gasteiger partial charge is 0.376 e. The second-order valence-electron chi connectivity index (χ2n) is 7.25. The molecule has 1 heterocycles. The van der Waals surface area contributed by atoms with Gasteiger partial charge in [0.15, 0.2) is 0 Å². The van der Waals surface area contributed by atoms with Gasteiger partial charge in [0.05, 0.1) is 12.7 Å². The second-order valence-corrected chi connectivity index (χ2v) is 7.25. The van der Waals surface area contributed by atoms with Crippen LogP contribution in [0, 0.1) is 5.92 Å². The molecule has 3 nitrogen and oxygen atoms in total. The fraction of sp³-hybridized carbons (Fsp3) is 1.00. The number of hydrogen-bond acceptors (Lipinski definition) is 3. The molecule has 0 aliphatic carbocycles. The molecule has 1 aliphatic rings. The Morgan fingerprint density at radius 3 is 2.47 bits per heavy atom. The van der Waals surface area contributed by atoms with Crippen LogP contribution in [0.5, 0.6) is 0 Å². The quantitative estimate of drug-likeness (QED) is 0.831. The normalized spacial score (nSPS) is 29.2. The molecule has 1 aliphatic heterocycles. The van der Waals surface area contributed by atoms with Crippen LogP contribution in [0.1, 0.15) is 54.9 Å². The SMILES string of the molecule is CCC1COC(C)CN1C(C)C(C)CNC(C)(C)C. The maximum absolute atomic E-state index is 5.80.